The summed E-state index contributed by atoms with van der Waals surface area (Å²) in [5.41, 5.74) is 0.728. The van der Waals surface area contributed by atoms with Gasteiger partial charge in [0.05, 0.1) is 0 Å². The summed E-state index contributed by atoms with van der Waals surface area (Å²) in [7, 11) is 0. The largest absolute Gasteiger partial charge is 0.465 e. The summed E-state index contributed by atoms with van der Waals surface area (Å²) in [4.78, 5) is 26.3. The van der Waals surface area contributed by atoms with Crippen LogP contribution in [0.25, 0.3) is 0 Å². The van der Waals surface area contributed by atoms with Gasteiger partial charge in [-0.1, -0.05) is 20.4 Å². The number of hydrogen-bond acceptors (Lipinski definition) is 2. The summed E-state index contributed by atoms with van der Waals surface area (Å²) in [5.74, 6) is 0.542. The monoisotopic (exact) mass is 280 g/mol. The molecule has 0 saturated carbocycles. The van der Waals surface area contributed by atoms with Crippen molar-refractivity contribution in [3.05, 3.63) is 12.2 Å². The lowest BCUT2D eigenvalue weighted by Crippen LogP contribution is -2.45. The molecule has 0 aromatic heterocycles. The number of nitrogens with zero attached hydrogens (tertiary/aromatic N) is 2. The number of amides is 2. The molecule has 0 unspecified atom stereocenters. The molecule has 2 heterocycles. The van der Waals surface area contributed by atoms with Gasteiger partial charge in [-0.05, 0) is 30.6 Å². The standard InChI is InChI=1S/C15H24N2O3/c1-11-4-7-17(13(11)18)10-15(2,3)12-5-8-16(9-6-12)14(19)20/h12H,1,4-10H2,2-3H3,(H,19,20). The van der Waals surface area contributed by atoms with Gasteiger partial charge in [0, 0.05) is 31.8 Å². The van der Waals surface area contributed by atoms with Crippen molar-refractivity contribution in [2.75, 3.05) is 26.2 Å². The highest BCUT2D eigenvalue weighted by Gasteiger charge is 2.37. The average molecular weight is 280 g/mol. The van der Waals surface area contributed by atoms with Crippen LogP contribution < -0.4 is 0 Å². The minimum atomic E-state index is -0.827. The molecule has 0 atom stereocenters. The van der Waals surface area contributed by atoms with Crippen LogP contribution in [0.1, 0.15) is 33.1 Å². The van der Waals surface area contributed by atoms with Crippen molar-refractivity contribution in [2.45, 2.75) is 33.1 Å². The Bertz CT molecular complexity index is 423. The van der Waals surface area contributed by atoms with Crippen LogP contribution >= 0.6 is 0 Å². The van der Waals surface area contributed by atoms with Crippen molar-refractivity contribution in [3.8, 4) is 0 Å². The predicted octanol–water partition coefficient (Wildman–Crippen LogP) is 2.19. The topological polar surface area (TPSA) is 60.9 Å². The van der Waals surface area contributed by atoms with E-state index in [9.17, 15) is 9.59 Å². The molecule has 0 aromatic carbocycles. The highest BCUT2D eigenvalue weighted by molar-refractivity contribution is 5.94. The van der Waals surface area contributed by atoms with Crippen LogP contribution in [0.15, 0.2) is 12.2 Å². The summed E-state index contributed by atoms with van der Waals surface area (Å²) < 4.78 is 0. The number of hydrogen-bond donors (Lipinski definition) is 1. The molecule has 0 aliphatic carbocycles. The predicted molar refractivity (Wildman–Crippen MR) is 76.4 cm³/mol. The first-order valence-electron chi connectivity index (χ1n) is 7.26. The fourth-order valence-electron chi connectivity index (χ4n) is 3.33. The Kier molecular flexibility index (Phi) is 4.06. The van der Waals surface area contributed by atoms with Crippen molar-refractivity contribution in [1.82, 2.24) is 9.80 Å². The van der Waals surface area contributed by atoms with Crippen LogP contribution in [-0.4, -0.2) is 53.1 Å². The Hall–Kier alpha value is -1.52. The van der Waals surface area contributed by atoms with E-state index in [1.54, 1.807) is 0 Å². The zero-order valence-corrected chi connectivity index (χ0v) is 12.4. The molecule has 1 N–H and O–H groups in total. The minimum Gasteiger partial charge on any atom is -0.465 e. The average Bonchev–Trinajstić information content (AvgIpc) is 2.70. The molecule has 2 fully saturated rings. The molecule has 2 amide bonds. The first-order valence-corrected chi connectivity index (χ1v) is 7.26. The SMILES string of the molecule is C=C1CCN(CC(C)(C)C2CCN(C(=O)O)CC2)C1=O. The molecule has 20 heavy (non-hydrogen) atoms. The number of likely N-dealkylation sites (tertiary alicyclic amines) is 2. The molecule has 112 valence electrons. The molecule has 5 heteroatoms. The minimum absolute atomic E-state index is 0.0187. The van der Waals surface area contributed by atoms with Crippen molar-refractivity contribution < 1.29 is 14.7 Å². The third kappa shape index (κ3) is 2.97. The summed E-state index contributed by atoms with van der Waals surface area (Å²) in [6, 6.07) is 0. The summed E-state index contributed by atoms with van der Waals surface area (Å²) in [6.07, 6.45) is 1.70. The quantitative estimate of drug-likeness (QED) is 0.806. The molecule has 0 bridgehead atoms. The van der Waals surface area contributed by atoms with Crippen LogP contribution in [0.4, 0.5) is 4.79 Å². The van der Waals surface area contributed by atoms with Crippen molar-refractivity contribution >= 4 is 12.0 Å². The Morgan fingerprint density at radius 1 is 1.35 bits per heavy atom. The van der Waals surface area contributed by atoms with E-state index in [2.05, 4.69) is 20.4 Å². The Balaban J connectivity index is 1.92. The van der Waals surface area contributed by atoms with Crippen LogP contribution in [0.5, 0.6) is 0 Å². The number of carbonyl (C=O) groups excluding carboxylic acids is 1. The molecule has 2 rings (SSSR count). The molecule has 0 spiro atoms. The molecule has 0 aromatic rings. The second-order valence-corrected chi connectivity index (χ2v) is 6.61. The number of piperidine rings is 1. The van der Waals surface area contributed by atoms with Gasteiger partial charge in [0.2, 0.25) is 5.91 Å². The van der Waals surface area contributed by atoms with Gasteiger partial charge in [0.25, 0.3) is 0 Å². The summed E-state index contributed by atoms with van der Waals surface area (Å²) >= 11 is 0. The van der Waals surface area contributed by atoms with Crippen LogP contribution in [0.2, 0.25) is 0 Å². The Morgan fingerprint density at radius 3 is 2.40 bits per heavy atom. The Labute approximate surface area is 120 Å². The lowest BCUT2D eigenvalue weighted by Gasteiger charge is -2.41. The van der Waals surface area contributed by atoms with E-state index in [0.717, 1.165) is 32.4 Å². The highest BCUT2D eigenvalue weighted by atomic mass is 16.4. The van der Waals surface area contributed by atoms with Crippen molar-refractivity contribution in [2.24, 2.45) is 11.3 Å². The van der Waals surface area contributed by atoms with E-state index in [0.29, 0.717) is 24.6 Å². The molecule has 5 nitrogen and oxygen atoms in total. The van der Waals surface area contributed by atoms with Crippen molar-refractivity contribution in [3.63, 3.8) is 0 Å². The Morgan fingerprint density at radius 2 is 1.95 bits per heavy atom. The highest BCUT2D eigenvalue weighted by Crippen LogP contribution is 2.36. The van der Waals surface area contributed by atoms with E-state index in [1.807, 2.05) is 4.90 Å². The summed E-state index contributed by atoms with van der Waals surface area (Å²) in [5, 5.41) is 8.98. The zero-order chi connectivity index (χ0) is 14.9. The lowest BCUT2D eigenvalue weighted by atomic mass is 9.73. The second-order valence-electron chi connectivity index (χ2n) is 6.61. The zero-order valence-electron chi connectivity index (χ0n) is 12.4. The van der Waals surface area contributed by atoms with Crippen LogP contribution in [0, 0.1) is 11.3 Å². The molecular weight excluding hydrogens is 256 g/mol. The number of carbonyl (C=O) groups is 2. The molecule has 0 radical (unpaired) electrons. The fourth-order valence-corrected chi connectivity index (χ4v) is 3.33. The first kappa shape index (κ1) is 14.9. The number of rotatable bonds is 3. The maximum atomic E-state index is 11.9. The molecular formula is C15H24N2O3. The van der Waals surface area contributed by atoms with Crippen LogP contribution in [0.3, 0.4) is 0 Å². The number of carboxylic acid groups (broad SMARTS) is 1. The molecule has 2 aliphatic heterocycles. The van der Waals surface area contributed by atoms with Crippen molar-refractivity contribution in [1.29, 1.82) is 0 Å². The van der Waals surface area contributed by atoms with E-state index < -0.39 is 6.09 Å². The lowest BCUT2D eigenvalue weighted by molar-refractivity contribution is -0.126. The third-order valence-electron chi connectivity index (χ3n) is 4.74. The van der Waals surface area contributed by atoms with Gasteiger partial charge in [-0.3, -0.25) is 4.79 Å². The maximum Gasteiger partial charge on any atom is 0.407 e. The van der Waals surface area contributed by atoms with Gasteiger partial charge in [0.15, 0.2) is 0 Å². The smallest absolute Gasteiger partial charge is 0.407 e. The van der Waals surface area contributed by atoms with Gasteiger partial charge in [-0.2, -0.15) is 0 Å². The third-order valence-corrected chi connectivity index (χ3v) is 4.74. The van der Waals surface area contributed by atoms with Gasteiger partial charge in [0.1, 0.15) is 0 Å². The van der Waals surface area contributed by atoms with Gasteiger partial charge < -0.3 is 14.9 Å². The van der Waals surface area contributed by atoms with Gasteiger partial charge in [-0.15, -0.1) is 0 Å². The van der Waals surface area contributed by atoms with E-state index in [1.165, 1.54) is 4.90 Å². The van der Waals surface area contributed by atoms with Gasteiger partial charge >= 0.3 is 6.09 Å². The van der Waals surface area contributed by atoms with E-state index >= 15 is 0 Å². The van der Waals surface area contributed by atoms with Gasteiger partial charge in [-0.25, -0.2) is 4.79 Å². The van der Waals surface area contributed by atoms with Crippen LogP contribution in [-0.2, 0) is 4.79 Å². The maximum absolute atomic E-state index is 11.9. The van der Waals surface area contributed by atoms with E-state index in [4.69, 9.17) is 5.11 Å². The van der Waals surface area contributed by atoms with E-state index in [-0.39, 0.29) is 11.3 Å². The molecule has 2 aliphatic rings. The fraction of sp³-hybridized carbons (Fsp3) is 0.733. The molecule has 2 saturated heterocycles. The second kappa shape index (κ2) is 5.46. The first-order chi connectivity index (χ1) is 9.31. The summed E-state index contributed by atoms with van der Waals surface area (Å²) in [6.45, 7) is 10.9. The normalized spacial score (nSPS) is 21.7.